The Morgan fingerprint density at radius 1 is 1.00 bits per heavy atom. The Labute approximate surface area is 171 Å². The predicted octanol–water partition coefficient (Wildman–Crippen LogP) is 2.80. The molecular weight excluding hydrogens is 392 g/mol. The van der Waals surface area contributed by atoms with E-state index in [1.807, 2.05) is 6.92 Å². The van der Waals surface area contributed by atoms with Crippen LogP contribution in [0.2, 0.25) is 0 Å². The van der Waals surface area contributed by atoms with E-state index >= 15 is 0 Å². The highest BCUT2D eigenvalue weighted by atomic mass is 32.2. The summed E-state index contributed by atoms with van der Waals surface area (Å²) in [5.74, 6) is -1.07. The van der Waals surface area contributed by atoms with E-state index in [0.29, 0.717) is 12.0 Å². The van der Waals surface area contributed by atoms with Crippen molar-refractivity contribution in [1.29, 1.82) is 0 Å². The molecule has 0 aliphatic rings. The summed E-state index contributed by atoms with van der Waals surface area (Å²) in [5, 5.41) is 2.66. The molecule has 0 saturated heterocycles. The Morgan fingerprint density at radius 2 is 1.62 bits per heavy atom. The van der Waals surface area contributed by atoms with E-state index in [2.05, 4.69) is 10.0 Å². The Morgan fingerprint density at radius 3 is 2.17 bits per heavy atom. The molecule has 0 fully saturated rings. The average Bonchev–Trinajstić information content (AvgIpc) is 2.72. The van der Waals surface area contributed by atoms with E-state index < -0.39 is 27.9 Å². The van der Waals surface area contributed by atoms with Crippen molar-refractivity contribution < 1.29 is 22.7 Å². The van der Waals surface area contributed by atoms with Crippen LogP contribution in [0.5, 0.6) is 0 Å². The lowest BCUT2D eigenvalue weighted by molar-refractivity contribution is -0.145. The number of carbonyl (C=O) groups excluding carboxylic acids is 2. The summed E-state index contributed by atoms with van der Waals surface area (Å²) in [5.41, 5.74) is 0.828. The molecule has 8 heteroatoms. The SMILES string of the molecule is CCOC(=O)[C@H](NC(=O)c1ccc(S(=O)(=O)NC(C)CC)cc1)c1ccccc1. The first-order chi connectivity index (χ1) is 13.8. The molecular formula is C21H26N2O5S. The summed E-state index contributed by atoms with van der Waals surface area (Å²) in [7, 11) is -3.66. The van der Waals surface area contributed by atoms with Gasteiger partial charge in [-0.1, -0.05) is 37.3 Å². The summed E-state index contributed by atoms with van der Waals surface area (Å²) in [4.78, 5) is 25.0. The van der Waals surface area contributed by atoms with Crippen molar-refractivity contribution in [2.75, 3.05) is 6.61 Å². The van der Waals surface area contributed by atoms with Crippen LogP contribution >= 0.6 is 0 Å². The first kappa shape index (κ1) is 22.6. The van der Waals surface area contributed by atoms with Crippen LogP contribution in [-0.2, 0) is 19.6 Å². The van der Waals surface area contributed by atoms with Crippen LogP contribution in [0, 0.1) is 0 Å². The maximum Gasteiger partial charge on any atom is 0.333 e. The molecule has 0 spiro atoms. The van der Waals surface area contributed by atoms with Gasteiger partial charge in [-0.05, 0) is 50.1 Å². The molecule has 2 atom stereocenters. The number of hydrogen-bond acceptors (Lipinski definition) is 5. The van der Waals surface area contributed by atoms with Crippen molar-refractivity contribution in [2.24, 2.45) is 0 Å². The molecule has 0 saturated carbocycles. The topological polar surface area (TPSA) is 102 Å². The number of rotatable bonds is 9. The molecule has 0 bridgehead atoms. The largest absolute Gasteiger partial charge is 0.464 e. The fraction of sp³-hybridized carbons (Fsp3) is 0.333. The maximum atomic E-state index is 12.6. The molecule has 0 radical (unpaired) electrons. The maximum absolute atomic E-state index is 12.6. The van der Waals surface area contributed by atoms with Gasteiger partial charge in [0.05, 0.1) is 11.5 Å². The van der Waals surface area contributed by atoms with Gasteiger partial charge in [0.15, 0.2) is 6.04 Å². The Kier molecular flexibility index (Phi) is 7.92. The molecule has 156 valence electrons. The van der Waals surface area contributed by atoms with Gasteiger partial charge < -0.3 is 10.1 Å². The molecule has 0 aliphatic heterocycles. The lowest BCUT2D eigenvalue weighted by atomic mass is 10.1. The highest BCUT2D eigenvalue weighted by Crippen LogP contribution is 2.17. The van der Waals surface area contributed by atoms with Crippen LogP contribution in [0.4, 0.5) is 0 Å². The quantitative estimate of drug-likeness (QED) is 0.610. The number of ether oxygens (including phenoxy) is 1. The summed E-state index contributed by atoms with van der Waals surface area (Å²) in [6.07, 6.45) is 0.661. The molecule has 2 aromatic rings. The second-order valence-corrected chi connectivity index (χ2v) is 8.24. The van der Waals surface area contributed by atoms with Crippen molar-refractivity contribution in [1.82, 2.24) is 10.0 Å². The van der Waals surface area contributed by atoms with Crippen molar-refractivity contribution in [2.45, 2.75) is 44.2 Å². The van der Waals surface area contributed by atoms with Gasteiger partial charge in [-0.25, -0.2) is 17.9 Å². The van der Waals surface area contributed by atoms with Gasteiger partial charge >= 0.3 is 5.97 Å². The molecule has 2 N–H and O–H groups in total. The van der Waals surface area contributed by atoms with E-state index in [9.17, 15) is 18.0 Å². The molecule has 7 nitrogen and oxygen atoms in total. The minimum atomic E-state index is -3.66. The molecule has 0 heterocycles. The Hall–Kier alpha value is -2.71. The number of amides is 1. The molecule has 29 heavy (non-hydrogen) atoms. The number of hydrogen-bond donors (Lipinski definition) is 2. The van der Waals surface area contributed by atoms with Crippen molar-refractivity contribution in [3.05, 3.63) is 65.7 Å². The lowest BCUT2D eigenvalue weighted by Gasteiger charge is -2.18. The zero-order chi connectivity index (χ0) is 21.4. The Bertz CT molecular complexity index is 927. The number of sulfonamides is 1. The number of carbonyl (C=O) groups is 2. The van der Waals surface area contributed by atoms with Crippen LogP contribution in [0.15, 0.2) is 59.5 Å². The summed E-state index contributed by atoms with van der Waals surface area (Å²) in [6.45, 7) is 5.54. The summed E-state index contributed by atoms with van der Waals surface area (Å²) in [6, 6.07) is 13.2. The first-order valence-corrected chi connectivity index (χ1v) is 10.9. The van der Waals surface area contributed by atoms with E-state index in [-0.39, 0.29) is 23.1 Å². The molecule has 0 aliphatic carbocycles. The standard InChI is InChI=1S/C21H26N2O5S/c1-4-15(3)23-29(26,27)18-13-11-17(12-14-18)20(24)22-19(21(25)28-5-2)16-9-7-6-8-10-16/h6-15,19,23H,4-5H2,1-3H3,(H,22,24)/t15?,19-/m1/s1. The van der Waals surface area contributed by atoms with Crippen LogP contribution in [0.1, 0.15) is 49.2 Å². The van der Waals surface area contributed by atoms with Crippen molar-refractivity contribution >= 4 is 21.9 Å². The fourth-order valence-corrected chi connectivity index (χ4v) is 3.89. The third-order valence-corrected chi connectivity index (χ3v) is 5.93. The van der Waals surface area contributed by atoms with Crippen LogP contribution < -0.4 is 10.0 Å². The summed E-state index contributed by atoms with van der Waals surface area (Å²) >= 11 is 0. The molecule has 1 unspecified atom stereocenters. The predicted molar refractivity (Wildman–Crippen MR) is 110 cm³/mol. The van der Waals surface area contributed by atoms with Crippen LogP contribution in [-0.4, -0.2) is 32.9 Å². The average molecular weight is 419 g/mol. The van der Waals surface area contributed by atoms with Crippen molar-refractivity contribution in [3.63, 3.8) is 0 Å². The van der Waals surface area contributed by atoms with E-state index in [4.69, 9.17) is 4.74 Å². The smallest absolute Gasteiger partial charge is 0.333 e. The number of esters is 1. The molecule has 0 aromatic heterocycles. The number of benzene rings is 2. The number of nitrogens with one attached hydrogen (secondary N) is 2. The zero-order valence-electron chi connectivity index (χ0n) is 16.7. The van der Waals surface area contributed by atoms with E-state index in [1.165, 1.54) is 24.3 Å². The van der Waals surface area contributed by atoms with Crippen LogP contribution in [0.25, 0.3) is 0 Å². The van der Waals surface area contributed by atoms with Gasteiger partial charge in [0.1, 0.15) is 0 Å². The minimum absolute atomic E-state index is 0.0688. The van der Waals surface area contributed by atoms with Gasteiger partial charge in [-0.2, -0.15) is 0 Å². The van der Waals surface area contributed by atoms with E-state index in [0.717, 1.165) is 0 Å². The third-order valence-electron chi connectivity index (χ3n) is 4.33. The Balaban J connectivity index is 2.19. The lowest BCUT2D eigenvalue weighted by Crippen LogP contribution is -2.35. The highest BCUT2D eigenvalue weighted by molar-refractivity contribution is 7.89. The van der Waals surface area contributed by atoms with Gasteiger partial charge in [0.2, 0.25) is 10.0 Å². The highest BCUT2D eigenvalue weighted by Gasteiger charge is 2.25. The minimum Gasteiger partial charge on any atom is -0.464 e. The second-order valence-electron chi connectivity index (χ2n) is 6.52. The van der Waals surface area contributed by atoms with Gasteiger partial charge in [0.25, 0.3) is 5.91 Å². The third kappa shape index (κ3) is 6.13. The molecule has 2 rings (SSSR count). The monoisotopic (exact) mass is 418 g/mol. The van der Waals surface area contributed by atoms with Crippen molar-refractivity contribution in [3.8, 4) is 0 Å². The van der Waals surface area contributed by atoms with E-state index in [1.54, 1.807) is 44.2 Å². The van der Waals surface area contributed by atoms with Gasteiger partial charge in [-0.15, -0.1) is 0 Å². The van der Waals surface area contributed by atoms with Crippen LogP contribution in [0.3, 0.4) is 0 Å². The zero-order valence-corrected chi connectivity index (χ0v) is 17.5. The second kappa shape index (κ2) is 10.2. The molecule has 1 amide bonds. The summed E-state index contributed by atoms with van der Waals surface area (Å²) < 4.78 is 32.3. The van der Waals surface area contributed by atoms with Gasteiger partial charge in [0, 0.05) is 11.6 Å². The van der Waals surface area contributed by atoms with Gasteiger partial charge in [-0.3, -0.25) is 4.79 Å². The first-order valence-electron chi connectivity index (χ1n) is 9.43. The molecule has 2 aromatic carbocycles. The fourth-order valence-electron chi connectivity index (χ4n) is 2.57. The normalized spacial score (nSPS) is 13.3.